The van der Waals surface area contributed by atoms with E-state index < -0.39 is 5.60 Å². The van der Waals surface area contributed by atoms with Gasteiger partial charge in [-0.2, -0.15) is 0 Å². The number of hydrogen-bond acceptors (Lipinski definition) is 3. The summed E-state index contributed by atoms with van der Waals surface area (Å²) in [5.74, 6) is 0.181. The van der Waals surface area contributed by atoms with E-state index >= 15 is 0 Å². The first-order valence-corrected chi connectivity index (χ1v) is 7.87. The molecule has 1 saturated carbocycles. The predicted octanol–water partition coefficient (Wildman–Crippen LogP) is 2.21. The number of aliphatic hydroxyl groups is 1. The Bertz CT molecular complexity index is 561. The Hall–Kier alpha value is -1.62. The van der Waals surface area contributed by atoms with Crippen molar-refractivity contribution in [3.63, 3.8) is 0 Å². The lowest BCUT2D eigenvalue weighted by molar-refractivity contribution is -0.134. The van der Waals surface area contributed by atoms with E-state index in [1.807, 2.05) is 6.92 Å². The second kappa shape index (κ2) is 5.88. The fraction of sp³-hybridized carbons (Fsp3) is 0.588. The summed E-state index contributed by atoms with van der Waals surface area (Å²) in [6.45, 7) is 2.80. The SMILES string of the molecule is CC1CN(C(=O)COc2cccc(F)c2)CC1(O)C1CCC1. The third-order valence-corrected chi connectivity index (χ3v) is 5.11. The summed E-state index contributed by atoms with van der Waals surface area (Å²) >= 11 is 0. The van der Waals surface area contributed by atoms with Crippen molar-refractivity contribution >= 4 is 5.91 Å². The van der Waals surface area contributed by atoms with Crippen molar-refractivity contribution in [2.24, 2.45) is 11.8 Å². The quantitative estimate of drug-likeness (QED) is 0.928. The van der Waals surface area contributed by atoms with E-state index in [1.54, 1.807) is 17.0 Å². The van der Waals surface area contributed by atoms with Crippen LogP contribution in [0.15, 0.2) is 24.3 Å². The molecule has 0 spiro atoms. The van der Waals surface area contributed by atoms with Crippen LogP contribution in [0.2, 0.25) is 0 Å². The second-order valence-electron chi connectivity index (χ2n) is 6.54. The molecule has 1 aliphatic carbocycles. The smallest absolute Gasteiger partial charge is 0.260 e. The van der Waals surface area contributed by atoms with Crippen molar-refractivity contribution in [3.8, 4) is 5.75 Å². The Labute approximate surface area is 129 Å². The van der Waals surface area contributed by atoms with Gasteiger partial charge in [-0.1, -0.05) is 19.4 Å². The van der Waals surface area contributed by atoms with Gasteiger partial charge in [-0.3, -0.25) is 4.79 Å². The molecule has 5 heteroatoms. The highest BCUT2D eigenvalue weighted by Crippen LogP contribution is 2.44. The van der Waals surface area contributed by atoms with Crippen LogP contribution in [0.1, 0.15) is 26.2 Å². The normalized spacial score (nSPS) is 28.5. The van der Waals surface area contributed by atoms with Crippen LogP contribution in [-0.2, 0) is 4.79 Å². The monoisotopic (exact) mass is 307 g/mol. The topological polar surface area (TPSA) is 49.8 Å². The molecule has 1 aliphatic heterocycles. The number of carbonyl (C=O) groups is 1. The number of ether oxygens (including phenoxy) is 1. The second-order valence-corrected chi connectivity index (χ2v) is 6.54. The van der Waals surface area contributed by atoms with Crippen LogP contribution >= 0.6 is 0 Å². The fourth-order valence-electron chi connectivity index (χ4n) is 3.44. The first-order valence-electron chi connectivity index (χ1n) is 7.87. The lowest BCUT2D eigenvalue weighted by Crippen LogP contribution is -2.48. The van der Waals surface area contributed by atoms with Crippen LogP contribution in [0.3, 0.4) is 0 Å². The molecule has 22 heavy (non-hydrogen) atoms. The van der Waals surface area contributed by atoms with Crippen molar-refractivity contribution < 1.29 is 19.0 Å². The van der Waals surface area contributed by atoms with Gasteiger partial charge < -0.3 is 14.7 Å². The van der Waals surface area contributed by atoms with E-state index in [1.165, 1.54) is 12.1 Å². The highest BCUT2D eigenvalue weighted by molar-refractivity contribution is 5.78. The molecule has 0 aromatic heterocycles. The Morgan fingerprint density at radius 3 is 2.91 bits per heavy atom. The zero-order chi connectivity index (χ0) is 15.7. The van der Waals surface area contributed by atoms with E-state index in [4.69, 9.17) is 4.74 Å². The van der Waals surface area contributed by atoms with E-state index in [9.17, 15) is 14.3 Å². The number of hydrogen-bond donors (Lipinski definition) is 1. The number of β-amino-alcohol motifs (C(OH)–C–C–N with tert-alkyl or cyclic N) is 1. The zero-order valence-electron chi connectivity index (χ0n) is 12.8. The van der Waals surface area contributed by atoms with Gasteiger partial charge in [0.1, 0.15) is 11.6 Å². The van der Waals surface area contributed by atoms with E-state index in [2.05, 4.69) is 0 Å². The Morgan fingerprint density at radius 1 is 1.50 bits per heavy atom. The molecule has 3 rings (SSSR count). The molecule has 120 valence electrons. The summed E-state index contributed by atoms with van der Waals surface area (Å²) in [4.78, 5) is 13.9. The zero-order valence-corrected chi connectivity index (χ0v) is 12.8. The fourth-order valence-corrected chi connectivity index (χ4v) is 3.44. The molecule has 1 aromatic rings. The lowest BCUT2D eigenvalue weighted by atomic mass is 9.69. The summed E-state index contributed by atoms with van der Waals surface area (Å²) < 4.78 is 18.4. The van der Waals surface area contributed by atoms with Gasteiger partial charge in [0, 0.05) is 18.5 Å². The molecule has 2 atom stereocenters. The van der Waals surface area contributed by atoms with Gasteiger partial charge in [-0.25, -0.2) is 4.39 Å². The first kappa shape index (κ1) is 15.3. The van der Waals surface area contributed by atoms with Crippen LogP contribution in [0.25, 0.3) is 0 Å². The molecule has 1 heterocycles. The maximum atomic E-state index is 13.1. The standard InChI is InChI=1S/C17H22FNO3/c1-12-9-19(11-17(12,21)13-4-2-5-13)16(20)10-22-15-7-3-6-14(18)8-15/h3,6-8,12-13,21H,2,4-5,9-11H2,1H3. The number of likely N-dealkylation sites (tertiary alicyclic amines) is 1. The van der Waals surface area contributed by atoms with E-state index in [0.717, 1.165) is 19.3 Å². The molecule has 4 nitrogen and oxygen atoms in total. The molecule has 1 amide bonds. The van der Waals surface area contributed by atoms with E-state index in [0.29, 0.717) is 24.8 Å². The molecule has 2 unspecified atom stereocenters. The van der Waals surface area contributed by atoms with Crippen LogP contribution in [0.5, 0.6) is 5.75 Å². The van der Waals surface area contributed by atoms with Gasteiger partial charge in [0.15, 0.2) is 6.61 Å². The van der Waals surface area contributed by atoms with Gasteiger partial charge in [0.2, 0.25) is 0 Å². The van der Waals surface area contributed by atoms with Crippen LogP contribution in [0.4, 0.5) is 4.39 Å². The average molecular weight is 307 g/mol. The predicted molar refractivity (Wildman–Crippen MR) is 79.9 cm³/mol. The molecular formula is C17H22FNO3. The largest absolute Gasteiger partial charge is 0.484 e. The minimum Gasteiger partial charge on any atom is -0.484 e. The minimum atomic E-state index is -0.757. The highest BCUT2D eigenvalue weighted by Gasteiger charge is 2.50. The van der Waals surface area contributed by atoms with Gasteiger partial charge in [0.05, 0.1) is 12.1 Å². The van der Waals surface area contributed by atoms with Crippen LogP contribution in [-0.4, -0.2) is 41.2 Å². The van der Waals surface area contributed by atoms with Gasteiger partial charge in [0.25, 0.3) is 5.91 Å². The van der Waals surface area contributed by atoms with Crippen molar-refractivity contribution in [2.45, 2.75) is 31.8 Å². The third-order valence-electron chi connectivity index (χ3n) is 5.11. The Morgan fingerprint density at radius 2 is 2.27 bits per heavy atom. The molecule has 2 aliphatic rings. The van der Waals surface area contributed by atoms with Crippen molar-refractivity contribution in [1.82, 2.24) is 4.90 Å². The summed E-state index contributed by atoms with van der Waals surface area (Å²) in [5.41, 5.74) is -0.757. The molecular weight excluding hydrogens is 285 g/mol. The number of carbonyl (C=O) groups excluding carboxylic acids is 1. The maximum absolute atomic E-state index is 13.1. The van der Waals surface area contributed by atoms with Gasteiger partial charge in [-0.05, 0) is 30.9 Å². The van der Waals surface area contributed by atoms with Crippen LogP contribution in [0, 0.1) is 17.7 Å². The number of benzene rings is 1. The third kappa shape index (κ3) is 2.82. The summed E-state index contributed by atoms with van der Waals surface area (Å²) in [5, 5.41) is 10.8. The first-order chi connectivity index (χ1) is 10.5. The Kier molecular flexibility index (Phi) is 4.08. The van der Waals surface area contributed by atoms with Gasteiger partial charge in [-0.15, -0.1) is 0 Å². The molecule has 0 bridgehead atoms. The molecule has 1 aromatic carbocycles. The number of amides is 1. The molecule has 1 N–H and O–H groups in total. The molecule has 0 radical (unpaired) electrons. The summed E-state index contributed by atoms with van der Waals surface area (Å²) in [7, 11) is 0. The van der Waals surface area contributed by atoms with Crippen molar-refractivity contribution in [3.05, 3.63) is 30.1 Å². The number of halogens is 1. The Balaban J connectivity index is 1.57. The van der Waals surface area contributed by atoms with Crippen molar-refractivity contribution in [1.29, 1.82) is 0 Å². The minimum absolute atomic E-state index is 0.0796. The number of rotatable bonds is 4. The average Bonchev–Trinajstić information content (AvgIpc) is 2.70. The lowest BCUT2D eigenvalue weighted by Gasteiger charge is -2.41. The summed E-state index contributed by atoms with van der Waals surface area (Å²) in [6, 6.07) is 5.75. The van der Waals surface area contributed by atoms with E-state index in [-0.39, 0.29) is 24.2 Å². The van der Waals surface area contributed by atoms with Crippen molar-refractivity contribution in [2.75, 3.05) is 19.7 Å². The molecule has 1 saturated heterocycles. The maximum Gasteiger partial charge on any atom is 0.260 e. The number of nitrogens with zero attached hydrogens (tertiary/aromatic N) is 1. The van der Waals surface area contributed by atoms with Crippen LogP contribution < -0.4 is 4.74 Å². The van der Waals surface area contributed by atoms with Gasteiger partial charge >= 0.3 is 0 Å². The molecule has 2 fully saturated rings. The summed E-state index contributed by atoms with van der Waals surface area (Å²) in [6.07, 6.45) is 3.25. The highest BCUT2D eigenvalue weighted by atomic mass is 19.1.